The lowest BCUT2D eigenvalue weighted by Crippen LogP contribution is -2.37. The lowest BCUT2D eigenvalue weighted by Gasteiger charge is -2.28. The number of carbonyl (C=O) groups excluding carboxylic acids is 2. The second-order valence-corrected chi connectivity index (χ2v) is 7.72. The molecule has 9 nitrogen and oxygen atoms in total. The van der Waals surface area contributed by atoms with Gasteiger partial charge in [0.1, 0.15) is 11.7 Å². The Balaban J connectivity index is 1.59. The molecule has 2 aliphatic heterocycles. The van der Waals surface area contributed by atoms with E-state index in [1.54, 1.807) is 24.3 Å². The molecule has 9 heteroatoms. The van der Waals surface area contributed by atoms with Gasteiger partial charge >= 0.3 is 0 Å². The molecule has 2 heterocycles. The third-order valence-corrected chi connectivity index (χ3v) is 5.86. The monoisotopic (exact) mass is 445 g/mol. The van der Waals surface area contributed by atoms with Gasteiger partial charge in [0.2, 0.25) is 5.91 Å². The first-order valence-electron chi connectivity index (χ1n) is 10.3. The molecule has 2 saturated heterocycles. The van der Waals surface area contributed by atoms with E-state index in [1.165, 1.54) is 24.3 Å². The minimum Gasteiger partial charge on any atom is -0.497 e. The van der Waals surface area contributed by atoms with E-state index in [4.69, 9.17) is 9.57 Å². The van der Waals surface area contributed by atoms with Crippen molar-refractivity contribution in [2.24, 2.45) is 5.92 Å². The SMILES string of the molecule is COc1cccc([C@H]2[C@@H]3C(=O)N(c4cccc([N+](=O)[O-])c4)C(=O)[C@@H]3ON2c2ccccc2)c1. The predicted molar refractivity (Wildman–Crippen MR) is 119 cm³/mol. The number of methoxy groups -OCH3 is 1. The highest BCUT2D eigenvalue weighted by molar-refractivity contribution is 6.24. The number of hydrogen-bond donors (Lipinski definition) is 0. The Bertz CT molecular complexity index is 1250. The average molecular weight is 445 g/mol. The van der Waals surface area contributed by atoms with Crippen molar-refractivity contribution in [3.05, 3.63) is 94.5 Å². The number of nitro benzene ring substituents is 1. The Morgan fingerprint density at radius 2 is 1.64 bits per heavy atom. The van der Waals surface area contributed by atoms with E-state index in [0.29, 0.717) is 11.4 Å². The van der Waals surface area contributed by atoms with Crippen LogP contribution in [0.3, 0.4) is 0 Å². The molecule has 0 N–H and O–H groups in total. The standard InChI is InChI=1S/C24H19N3O6/c1-32-19-12-5-7-15(13-19)21-20-22(33-26(21)16-8-3-2-4-9-16)24(29)25(23(20)28)17-10-6-11-18(14-17)27(30)31/h2-14,20-22H,1H3/t20-,21-,22+/m0/s1. The Morgan fingerprint density at radius 3 is 2.36 bits per heavy atom. The van der Waals surface area contributed by atoms with Crippen LogP contribution in [0.1, 0.15) is 11.6 Å². The predicted octanol–water partition coefficient (Wildman–Crippen LogP) is 3.65. The van der Waals surface area contributed by atoms with Gasteiger partial charge in [-0.25, -0.2) is 9.96 Å². The molecule has 2 fully saturated rings. The molecule has 3 aromatic carbocycles. The normalized spacial score (nSPS) is 21.9. The number of hydroxylamine groups is 1. The summed E-state index contributed by atoms with van der Waals surface area (Å²) < 4.78 is 5.36. The van der Waals surface area contributed by atoms with E-state index in [0.717, 1.165) is 10.5 Å². The molecule has 0 saturated carbocycles. The minimum absolute atomic E-state index is 0.146. The molecule has 33 heavy (non-hydrogen) atoms. The van der Waals surface area contributed by atoms with Crippen LogP contribution in [0.5, 0.6) is 5.75 Å². The van der Waals surface area contributed by atoms with Crippen molar-refractivity contribution in [2.45, 2.75) is 12.1 Å². The molecule has 2 aliphatic rings. The van der Waals surface area contributed by atoms with Gasteiger partial charge in [0.05, 0.1) is 29.4 Å². The molecule has 2 amide bonds. The summed E-state index contributed by atoms with van der Waals surface area (Å²) in [6.45, 7) is 0. The average Bonchev–Trinajstić information content (AvgIpc) is 3.35. The van der Waals surface area contributed by atoms with Crippen molar-refractivity contribution in [2.75, 3.05) is 17.1 Å². The van der Waals surface area contributed by atoms with Crippen LogP contribution in [0.4, 0.5) is 17.1 Å². The molecule has 0 bridgehead atoms. The summed E-state index contributed by atoms with van der Waals surface area (Å²) in [7, 11) is 1.55. The van der Waals surface area contributed by atoms with Gasteiger partial charge in [0.25, 0.3) is 11.6 Å². The van der Waals surface area contributed by atoms with Crippen LogP contribution < -0.4 is 14.7 Å². The lowest BCUT2D eigenvalue weighted by molar-refractivity contribution is -0.384. The second kappa shape index (κ2) is 8.03. The quantitative estimate of drug-likeness (QED) is 0.336. The van der Waals surface area contributed by atoms with Gasteiger partial charge in [-0.05, 0) is 35.9 Å². The molecule has 3 aromatic rings. The molecular formula is C24H19N3O6. The summed E-state index contributed by atoms with van der Waals surface area (Å²) in [5.41, 5.74) is 1.38. The van der Waals surface area contributed by atoms with Crippen LogP contribution >= 0.6 is 0 Å². The number of imide groups is 1. The van der Waals surface area contributed by atoms with Crippen molar-refractivity contribution in [3.8, 4) is 5.75 Å². The zero-order valence-electron chi connectivity index (χ0n) is 17.5. The number of nitro groups is 1. The van der Waals surface area contributed by atoms with Crippen LogP contribution in [-0.2, 0) is 14.4 Å². The van der Waals surface area contributed by atoms with Gasteiger partial charge in [0, 0.05) is 12.1 Å². The summed E-state index contributed by atoms with van der Waals surface area (Å²) in [5, 5.41) is 12.8. The van der Waals surface area contributed by atoms with E-state index in [9.17, 15) is 19.7 Å². The summed E-state index contributed by atoms with van der Waals surface area (Å²) >= 11 is 0. The van der Waals surface area contributed by atoms with Crippen LogP contribution in [0, 0.1) is 16.0 Å². The molecule has 0 spiro atoms. The zero-order valence-corrected chi connectivity index (χ0v) is 17.5. The Labute approximate surface area is 188 Å². The Hall–Kier alpha value is -4.24. The number of rotatable bonds is 5. The molecule has 3 atom stereocenters. The number of anilines is 2. The van der Waals surface area contributed by atoms with Gasteiger partial charge in [0.15, 0.2) is 6.10 Å². The van der Waals surface area contributed by atoms with Gasteiger partial charge < -0.3 is 4.74 Å². The third kappa shape index (κ3) is 3.39. The largest absolute Gasteiger partial charge is 0.497 e. The summed E-state index contributed by atoms with van der Waals surface area (Å²) in [6, 6.07) is 21.3. The van der Waals surface area contributed by atoms with Crippen LogP contribution in [0.15, 0.2) is 78.9 Å². The van der Waals surface area contributed by atoms with Gasteiger partial charge in [-0.2, -0.15) is 0 Å². The first-order valence-corrected chi connectivity index (χ1v) is 10.3. The number of nitrogens with zero attached hydrogens (tertiary/aromatic N) is 3. The summed E-state index contributed by atoms with van der Waals surface area (Å²) in [5.74, 6) is -1.27. The van der Waals surface area contributed by atoms with Gasteiger partial charge in [-0.1, -0.05) is 36.4 Å². The van der Waals surface area contributed by atoms with E-state index >= 15 is 0 Å². The lowest BCUT2D eigenvalue weighted by atomic mass is 9.90. The molecular weight excluding hydrogens is 426 g/mol. The molecule has 0 aliphatic carbocycles. The number of para-hydroxylation sites is 1. The fraction of sp³-hybridized carbons (Fsp3) is 0.167. The fourth-order valence-corrected chi connectivity index (χ4v) is 4.38. The molecule has 0 radical (unpaired) electrons. The number of ether oxygens (including phenoxy) is 1. The van der Waals surface area contributed by atoms with E-state index in [2.05, 4.69) is 0 Å². The topological polar surface area (TPSA) is 102 Å². The highest BCUT2D eigenvalue weighted by Crippen LogP contribution is 2.48. The van der Waals surface area contributed by atoms with E-state index in [-0.39, 0.29) is 11.4 Å². The van der Waals surface area contributed by atoms with Crippen LogP contribution in [-0.4, -0.2) is 30.0 Å². The van der Waals surface area contributed by atoms with Crippen LogP contribution in [0.2, 0.25) is 0 Å². The zero-order chi connectivity index (χ0) is 23.1. The summed E-state index contributed by atoms with van der Waals surface area (Å²) in [4.78, 5) is 44.6. The number of carbonyl (C=O) groups is 2. The molecule has 166 valence electrons. The Kier molecular flexibility index (Phi) is 5.02. The smallest absolute Gasteiger partial charge is 0.271 e. The number of hydrogen-bond acceptors (Lipinski definition) is 7. The van der Waals surface area contributed by atoms with Crippen molar-refractivity contribution in [3.63, 3.8) is 0 Å². The summed E-state index contributed by atoms with van der Waals surface area (Å²) in [6.07, 6.45) is -1.06. The highest BCUT2D eigenvalue weighted by atomic mass is 16.7. The highest BCUT2D eigenvalue weighted by Gasteiger charge is 2.60. The molecule has 0 aromatic heterocycles. The van der Waals surface area contributed by atoms with E-state index in [1.807, 2.05) is 42.5 Å². The maximum atomic E-state index is 13.6. The number of amides is 2. The third-order valence-electron chi connectivity index (χ3n) is 5.86. The first kappa shape index (κ1) is 20.7. The molecule has 0 unspecified atom stereocenters. The van der Waals surface area contributed by atoms with Gasteiger partial charge in [-0.3, -0.25) is 24.5 Å². The maximum absolute atomic E-state index is 13.6. The van der Waals surface area contributed by atoms with Crippen molar-refractivity contribution in [1.82, 2.24) is 0 Å². The minimum atomic E-state index is -1.06. The number of non-ortho nitro benzene ring substituents is 1. The second-order valence-electron chi connectivity index (χ2n) is 7.72. The Morgan fingerprint density at radius 1 is 0.909 bits per heavy atom. The van der Waals surface area contributed by atoms with Crippen molar-refractivity contribution >= 4 is 28.9 Å². The fourth-order valence-electron chi connectivity index (χ4n) is 4.38. The van der Waals surface area contributed by atoms with Crippen molar-refractivity contribution < 1.29 is 24.1 Å². The van der Waals surface area contributed by atoms with Crippen LogP contribution in [0.25, 0.3) is 0 Å². The number of benzene rings is 3. The van der Waals surface area contributed by atoms with Crippen molar-refractivity contribution in [1.29, 1.82) is 0 Å². The number of fused-ring (bicyclic) bond motifs is 1. The maximum Gasteiger partial charge on any atom is 0.271 e. The van der Waals surface area contributed by atoms with E-state index < -0.39 is 34.8 Å². The first-order chi connectivity index (χ1) is 16.0. The van der Waals surface area contributed by atoms with Gasteiger partial charge in [-0.15, -0.1) is 0 Å². The molecule has 5 rings (SSSR count).